The molecule has 3 aliphatic heterocycles. The third-order valence-corrected chi connectivity index (χ3v) is 10.5. The number of likely N-dealkylation sites (tertiary alicyclic amines) is 1. The number of carbonyl (C=O) groups excluding carboxylic acids is 4. The Bertz CT molecular complexity index is 1530. The van der Waals surface area contributed by atoms with Crippen LogP contribution in [0.3, 0.4) is 0 Å². The van der Waals surface area contributed by atoms with Gasteiger partial charge >= 0.3 is 5.97 Å². The predicted octanol–water partition coefficient (Wildman–Crippen LogP) is 4.32. The average Bonchev–Trinajstić information content (AvgIpc) is 3.67. The number of esters is 1. The number of rotatable bonds is 15. The number of hydrogen-bond acceptors (Lipinski definition) is 7. The number of benzene rings is 2. The summed E-state index contributed by atoms with van der Waals surface area (Å²) in [6.45, 7) is 11.6. The van der Waals surface area contributed by atoms with Gasteiger partial charge in [-0.15, -0.1) is 13.2 Å². The quantitative estimate of drug-likeness (QED) is 0.160. The number of allylic oxidation sites excluding steroid dienone is 1. The molecule has 2 bridgehead atoms. The van der Waals surface area contributed by atoms with Crippen LogP contribution >= 0.6 is 15.9 Å². The third-order valence-electron chi connectivity index (χ3n) is 9.63. The molecule has 11 heteroatoms. The zero-order valence-corrected chi connectivity index (χ0v) is 29.1. The van der Waals surface area contributed by atoms with Crippen molar-refractivity contribution >= 4 is 45.3 Å². The van der Waals surface area contributed by atoms with Crippen LogP contribution in [0.5, 0.6) is 0 Å². The second kappa shape index (κ2) is 15.2. The Kier molecular flexibility index (Phi) is 11.2. The van der Waals surface area contributed by atoms with E-state index >= 15 is 0 Å². The van der Waals surface area contributed by atoms with Crippen LogP contribution in [0.15, 0.2) is 73.8 Å². The number of aliphatic hydroxyl groups excluding tert-OH is 1. The van der Waals surface area contributed by atoms with Gasteiger partial charge < -0.3 is 29.7 Å². The van der Waals surface area contributed by atoms with E-state index in [0.29, 0.717) is 18.4 Å². The monoisotopic (exact) mass is 721 g/mol. The normalized spacial score (nSPS) is 26.1. The fourth-order valence-electron chi connectivity index (χ4n) is 7.60. The molecule has 0 radical (unpaired) electrons. The largest absolute Gasteiger partial charge is 0.455 e. The van der Waals surface area contributed by atoms with Crippen molar-refractivity contribution in [3.63, 3.8) is 0 Å². The van der Waals surface area contributed by atoms with E-state index in [1.54, 1.807) is 17.1 Å². The number of halogens is 1. The second-order valence-electron chi connectivity index (χ2n) is 12.7. The maximum atomic E-state index is 14.8. The Morgan fingerprint density at radius 3 is 2.50 bits per heavy atom. The van der Waals surface area contributed by atoms with E-state index < -0.39 is 41.7 Å². The molecule has 0 aromatic heterocycles. The zero-order chi connectivity index (χ0) is 34.6. The highest BCUT2D eigenvalue weighted by molar-refractivity contribution is 9.09. The van der Waals surface area contributed by atoms with Crippen molar-refractivity contribution in [1.82, 2.24) is 10.2 Å². The van der Waals surface area contributed by atoms with Crippen molar-refractivity contribution in [2.24, 2.45) is 11.8 Å². The maximum Gasteiger partial charge on any atom is 0.313 e. The number of ether oxygens (including phenoxy) is 2. The first-order valence-corrected chi connectivity index (χ1v) is 17.4. The lowest BCUT2D eigenvalue weighted by molar-refractivity contribution is -0.160. The fraction of sp³-hybridized carbons (Fsp3) is 0.459. The van der Waals surface area contributed by atoms with Crippen LogP contribution in [0.4, 0.5) is 5.69 Å². The molecule has 2 aromatic rings. The molecule has 5 rings (SSSR count). The summed E-state index contributed by atoms with van der Waals surface area (Å²) in [6, 6.07) is 13.9. The molecule has 10 nitrogen and oxygen atoms in total. The Hall–Kier alpha value is -3.80. The van der Waals surface area contributed by atoms with Gasteiger partial charge in [0, 0.05) is 36.6 Å². The fourth-order valence-corrected chi connectivity index (χ4v) is 8.54. The number of hydrogen-bond donors (Lipinski definition) is 2. The maximum absolute atomic E-state index is 14.8. The minimum absolute atomic E-state index is 0.0432. The number of anilines is 1. The summed E-state index contributed by atoms with van der Waals surface area (Å²) in [6.07, 6.45) is 3.13. The highest BCUT2D eigenvalue weighted by Gasteiger charge is 2.77. The molecule has 48 heavy (non-hydrogen) atoms. The molecule has 3 saturated heterocycles. The zero-order valence-electron chi connectivity index (χ0n) is 27.5. The van der Waals surface area contributed by atoms with Crippen LogP contribution in [0.1, 0.15) is 48.5 Å². The van der Waals surface area contributed by atoms with Crippen molar-refractivity contribution in [2.45, 2.75) is 68.2 Å². The van der Waals surface area contributed by atoms with Gasteiger partial charge in [-0.05, 0) is 49.8 Å². The number of alkyl halides is 1. The lowest BCUT2D eigenvalue weighted by Crippen LogP contribution is -2.57. The van der Waals surface area contributed by atoms with Crippen LogP contribution < -0.4 is 10.2 Å². The lowest BCUT2D eigenvalue weighted by atomic mass is 9.70. The summed E-state index contributed by atoms with van der Waals surface area (Å²) >= 11 is 3.72. The smallest absolute Gasteiger partial charge is 0.313 e. The van der Waals surface area contributed by atoms with E-state index in [2.05, 4.69) is 34.4 Å². The minimum atomic E-state index is -1.30. The first-order chi connectivity index (χ1) is 23.1. The van der Waals surface area contributed by atoms with Crippen molar-refractivity contribution < 1.29 is 33.8 Å². The molecule has 2 aromatic carbocycles. The molecular weight excluding hydrogens is 678 g/mol. The topological polar surface area (TPSA) is 125 Å². The molecule has 1 unspecified atom stereocenters. The van der Waals surface area contributed by atoms with Gasteiger partial charge in [-0.3, -0.25) is 19.2 Å². The third kappa shape index (κ3) is 6.60. The van der Waals surface area contributed by atoms with E-state index in [1.807, 2.05) is 62.4 Å². The molecule has 3 fully saturated rings. The standard InChI is InChI=1S/C37H44BrN3O7/c1-5-7-17-28(43)39-22-27(25-15-9-8-10-16-25)47-36(46)29-30-34(44)41(19-12-20-42)33(37(30)21-26(38)32(29)48-37)35(45)40(18-6-2)31-23(3)13-11-14-24(31)4/h5-6,8-11,13-16,26-27,29-30,32-33,42H,1-2,7,12,17-22H2,3-4H3,(H,39,43)/t26?,27-,29-,30+,32-,33-,37+/m0/s1. The van der Waals surface area contributed by atoms with Crippen molar-refractivity contribution in [1.29, 1.82) is 0 Å². The van der Waals surface area contributed by atoms with Gasteiger partial charge in [0.2, 0.25) is 11.8 Å². The molecule has 0 aliphatic carbocycles. The van der Waals surface area contributed by atoms with E-state index in [4.69, 9.17) is 9.47 Å². The summed E-state index contributed by atoms with van der Waals surface area (Å²) in [5.74, 6) is -3.51. The Morgan fingerprint density at radius 2 is 1.85 bits per heavy atom. The van der Waals surface area contributed by atoms with Gasteiger partial charge in [-0.1, -0.05) is 76.6 Å². The minimum Gasteiger partial charge on any atom is -0.455 e. The highest BCUT2D eigenvalue weighted by atomic mass is 79.9. The summed E-state index contributed by atoms with van der Waals surface area (Å²) < 4.78 is 12.8. The van der Waals surface area contributed by atoms with E-state index in [1.165, 1.54) is 4.90 Å². The van der Waals surface area contributed by atoms with Crippen LogP contribution in [-0.4, -0.2) is 82.5 Å². The number of carbonyl (C=O) groups is 4. The van der Waals surface area contributed by atoms with E-state index in [9.17, 15) is 24.3 Å². The van der Waals surface area contributed by atoms with E-state index in [-0.39, 0.29) is 61.6 Å². The van der Waals surface area contributed by atoms with E-state index in [0.717, 1.165) is 16.8 Å². The van der Waals surface area contributed by atoms with Gasteiger partial charge in [0.05, 0.1) is 24.5 Å². The number of amides is 3. The van der Waals surface area contributed by atoms with Gasteiger partial charge in [0.1, 0.15) is 17.7 Å². The first kappa shape index (κ1) is 35.5. The predicted molar refractivity (Wildman–Crippen MR) is 185 cm³/mol. The van der Waals surface area contributed by atoms with Crippen LogP contribution in [0.25, 0.3) is 0 Å². The van der Waals surface area contributed by atoms with Crippen molar-refractivity contribution in [3.05, 3.63) is 90.5 Å². The van der Waals surface area contributed by atoms with Gasteiger partial charge in [0.15, 0.2) is 0 Å². The number of aryl methyl sites for hydroxylation is 2. The molecule has 3 heterocycles. The van der Waals surface area contributed by atoms with Crippen LogP contribution in [0.2, 0.25) is 0 Å². The number of fused-ring (bicyclic) bond motifs is 1. The van der Waals surface area contributed by atoms with Crippen LogP contribution in [-0.2, 0) is 28.7 Å². The van der Waals surface area contributed by atoms with Gasteiger partial charge in [-0.2, -0.15) is 0 Å². The van der Waals surface area contributed by atoms with Gasteiger partial charge in [-0.25, -0.2) is 0 Å². The summed E-state index contributed by atoms with van der Waals surface area (Å²) in [5.41, 5.74) is 1.91. The molecule has 2 N–H and O–H groups in total. The molecule has 3 aliphatic rings. The number of nitrogens with zero attached hydrogens (tertiary/aromatic N) is 2. The highest BCUT2D eigenvalue weighted by Crippen LogP contribution is 2.60. The Morgan fingerprint density at radius 1 is 1.15 bits per heavy atom. The van der Waals surface area contributed by atoms with Gasteiger partial charge in [0.25, 0.3) is 5.91 Å². The molecule has 1 spiro atoms. The molecule has 256 valence electrons. The molecule has 0 saturated carbocycles. The molecular formula is C37H44BrN3O7. The molecule has 3 amide bonds. The number of nitrogens with one attached hydrogen (secondary N) is 1. The second-order valence-corrected chi connectivity index (χ2v) is 13.9. The number of aliphatic hydroxyl groups is 1. The summed E-state index contributed by atoms with van der Waals surface area (Å²) in [5, 5.41) is 12.6. The Labute approximate surface area is 290 Å². The van der Waals surface area contributed by atoms with Crippen molar-refractivity contribution in [2.75, 3.05) is 31.1 Å². The SMILES string of the molecule is C=CCCC(=O)NC[C@H](OC(=O)[C@@H]1[C@H]2O[C@@]3(CC2Br)[C@H](C(=O)N(CC=C)c2c(C)cccc2C)N(CCCO)C(=O)[C@@H]13)c1ccccc1. The molecule has 7 atom stereocenters. The number of para-hydroxylation sites is 1. The van der Waals surface area contributed by atoms with Crippen molar-refractivity contribution in [3.8, 4) is 0 Å². The first-order valence-electron chi connectivity index (χ1n) is 16.4. The van der Waals surface area contributed by atoms with Crippen LogP contribution in [0, 0.1) is 25.7 Å². The summed E-state index contributed by atoms with van der Waals surface area (Å²) in [7, 11) is 0. The lowest BCUT2D eigenvalue weighted by Gasteiger charge is -2.37. The summed E-state index contributed by atoms with van der Waals surface area (Å²) in [4.78, 5) is 58.7. The average molecular weight is 723 g/mol. The Balaban J connectivity index is 1.49.